The number of hydrogen-bond acceptors (Lipinski definition) is 4. The van der Waals surface area contributed by atoms with E-state index in [-0.39, 0.29) is 0 Å². The van der Waals surface area contributed by atoms with Gasteiger partial charge >= 0.3 is 0 Å². The van der Waals surface area contributed by atoms with E-state index in [1.165, 1.54) is 36.8 Å². The van der Waals surface area contributed by atoms with Crippen molar-refractivity contribution in [3.05, 3.63) is 47.7 Å². The maximum atomic E-state index is 4.55. The lowest BCUT2D eigenvalue weighted by atomic mass is 10.1. The standard InChI is InChI=1S/C17H22N4/c1-13-6-2-3-7-14(13)12-19-17-18-11-10-16(21-17)20-15-8-4-5-9-15/h2-3,6-7,10-11,15H,4-5,8-9,12H2,1H3,(H2,18,19,20,21). The van der Waals surface area contributed by atoms with Gasteiger partial charge in [0.25, 0.3) is 0 Å². The normalized spacial score (nSPS) is 15.1. The van der Waals surface area contributed by atoms with Crippen LogP contribution in [0.15, 0.2) is 36.5 Å². The summed E-state index contributed by atoms with van der Waals surface area (Å²) in [6.07, 6.45) is 6.94. The van der Waals surface area contributed by atoms with Gasteiger partial charge in [-0.25, -0.2) is 4.98 Å². The summed E-state index contributed by atoms with van der Waals surface area (Å²) in [5.41, 5.74) is 2.56. The second-order valence-electron chi connectivity index (χ2n) is 5.67. The maximum Gasteiger partial charge on any atom is 0.224 e. The van der Waals surface area contributed by atoms with Gasteiger partial charge in [-0.3, -0.25) is 0 Å². The average molecular weight is 282 g/mol. The van der Waals surface area contributed by atoms with E-state index >= 15 is 0 Å². The van der Waals surface area contributed by atoms with Gasteiger partial charge in [0.1, 0.15) is 5.82 Å². The molecule has 3 rings (SSSR count). The first kappa shape index (κ1) is 13.9. The summed E-state index contributed by atoms with van der Waals surface area (Å²) in [5, 5.41) is 6.80. The van der Waals surface area contributed by atoms with Crippen molar-refractivity contribution in [1.29, 1.82) is 0 Å². The smallest absolute Gasteiger partial charge is 0.224 e. The Morgan fingerprint density at radius 1 is 1.14 bits per heavy atom. The topological polar surface area (TPSA) is 49.8 Å². The van der Waals surface area contributed by atoms with Crippen molar-refractivity contribution in [2.75, 3.05) is 10.6 Å². The summed E-state index contributed by atoms with van der Waals surface area (Å²) in [5.74, 6) is 1.60. The Morgan fingerprint density at radius 3 is 2.76 bits per heavy atom. The molecule has 1 fully saturated rings. The van der Waals surface area contributed by atoms with Gasteiger partial charge in [-0.05, 0) is 37.0 Å². The SMILES string of the molecule is Cc1ccccc1CNc1nccc(NC2CCCC2)n1. The highest BCUT2D eigenvalue weighted by Crippen LogP contribution is 2.21. The molecule has 1 aliphatic carbocycles. The van der Waals surface area contributed by atoms with Crippen molar-refractivity contribution in [2.45, 2.75) is 45.2 Å². The molecular weight excluding hydrogens is 260 g/mol. The molecular formula is C17H22N4. The molecule has 1 aliphatic rings. The molecule has 1 saturated carbocycles. The van der Waals surface area contributed by atoms with Crippen LogP contribution in [0.1, 0.15) is 36.8 Å². The van der Waals surface area contributed by atoms with Gasteiger partial charge in [0.15, 0.2) is 0 Å². The summed E-state index contributed by atoms with van der Waals surface area (Å²) >= 11 is 0. The molecule has 1 heterocycles. The molecule has 4 heteroatoms. The highest BCUT2D eigenvalue weighted by atomic mass is 15.1. The van der Waals surface area contributed by atoms with Crippen LogP contribution in [0.4, 0.5) is 11.8 Å². The van der Waals surface area contributed by atoms with E-state index in [9.17, 15) is 0 Å². The molecule has 0 bridgehead atoms. The Kier molecular flexibility index (Phi) is 4.34. The molecule has 4 nitrogen and oxygen atoms in total. The van der Waals surface area contributed by atoms with E-state index in [0.29, 0.717) is 12.0 Å². The lowest BCUT2D eigenvalue weighted by Gasteiger charge is -2.13. The molecule has 2 N–H and O–H groups in total. The molecule has 0 amide bonds. The largest absolute Gasteiger partial charge is 0.367 e. The van der Waals surface area contributed by atoms with Crippen LogP contribution in [0.25, 0.3) is 0 Å². The van der Waals surface area contributed by atoms with E-state index in [4.69, 9.17) is 0 Å². The van der Waals surface area contributed by atoms with Gasteiger partial charge < -0.3 is 10.6 Å². The number of nitrogens with zero attached hydrogens (tertiary/aromatic N) is 2. The average Bonchev–Trinajstić information content (AvgIpc) is 3.00. The van der Waals surface area contributed by atoms with E-state index in [0.717, 1.165) is 12.4 Å². The van der Waals surface area contributed by atoms with Gasteiger partial charge in [-0.1, -0.05) is 37.1 Å². The number of hydrogen-bond donors (Lipinski definition) is 2. The van der Waals surface area contributed by atoms with Crippen molar-refractivity contribution in [3.8, 4) is 0 Å². The summed E-state index contributed by atoms with van der Waals surface area (Å²) in [7, 11) is 0. The van der Waals surface area contributed by atoms with Gasteiger partial charge in [0, 0.05) is 18.8 Å². The van der Waals surface area contributed by atoms with Crippen LogP contribution in [0.3, 0.4) is 0 Å². The van der Waals surface area contributed by atoms with E-state index in [2.05, 4.69) is 51.8 Å². The first-order chi connectivity index (χ1) is 10.3. The second-order valence-corrected chi connectivity index (χ2v) is 5.67. The zero-order chi connectivity index (χ0) is 14.5. The highest BCUT2D eigenvalue weighted by molar-refractivity contribution is 5.41. The number of benzene rings is 1. The van der Waals surface area contributed by atoms with Crippen LogP contribution >= 0.6 is 0 Å². The molecule has 0 unspecified atom stereocenters. The third kappa shape index (κ3) is 3.72. The zero-order valence-corrected chi connectivity index (χ0v) is 12.5. The number of nitrogens with one attached hydrogen (secondary N) is 2. The van der Waals surface area contributed by atoms with Gasteiger partial charge in [0.05, 0.1) is 0 Å². The molecule has 0 saturated heterocycles. The highest BCUT2D eigenvalue weighted by Gasteiger charge is 2.15. The monoisotopic (exact) mass is 282 g/mol. The summed E-state index contributed by atoms with van der Waals surface area (Å²) < 4.78 is 0. The van der Waals surface area contributed by atoms with Crippen LogP contribution in [-0.4, -0.2) is 16.0 Å². The number of rotatable bonds is 5. The lowest BCUT2D eigenvalue weighted by molar-refractivity contribution is 0.750. The third-order valence-electron chi connectivity index (χ3n) is 4.06. The van der Waals surface area contributed by atoms with Crippen molar-refractivity contribution >= 4 is 11.8 Å². The Labute approximate surface area is 126 Å². The first-order valence-electron chi connectivity index (χ1n) is 7.69. The van der Waals surface area contributed by atoms with Crippen molar-refractivity contribution < 1.29 is 0 Å². The number of aryl methyl sites for hydroxylation is 1. The van der Waals surface area contributed by atoms with Gasteiger partial charge in [-0.15, -0.1) is 0 Å². The third-order valence-corrected chi connectivity index (χ3v) is 4.06. The minimum absolute atomic E-state index is 0.573. The Morgan fingerprint density at radius 2 is 1.95 bits per heavy atom. The minimum Gasteiger partial charge on any atom is -0.367 e. The minimum atomic E-state index is 0.573. The van der Waals surface area contributed by atoms with Crippen LogP contribution in [-0.2, 0) is 6.54 Å². The molecule has 110 valence electrons. The summed E-state index contributed by atoms with van der Waals surface area (Å²) in [6, 6.07) is 10.9. The Bertz CT molecular complexity index is 591. The fraction of sp³-hybridized carbons (Fsp3) is 0.412. The van der Waals surface area contributed by atoms with Crippen LogP contribution in [0.5, 0.6) is 0 Å². The van der Waals surface area contributed by atoms with Gasteiger partial charge in [-0.2, -0.15) is 4.98 Å². The molecule has 1 aromatic heterocycles. The molecule has 2 aromatic rings. The number of anilines is 2. The van der Waals surface area contributed by atoms with Gasteiger partial charge in [0.2, 0.25) is 5.95 Å². The predicted molar refractivity (Wildman–Crippen MR) is 86.4 cm³/mol. The molecule has 0 spiro atoms. The first-order valence-corrected chi connectivity index (χ1v) is 7.69. The quantitative estimate of drug-likeness (QED) is 0.877. The van der Waals surface area contributed by atoms with Crippen molar-refractivity contribution in [1.82, 2.24) is 9.97 Å². The molecule has 21 heavy (non-hydrogen) atoms. The number of aromatic nitrogens is 2. The van der Waals surface area contributed by atoms with Crippen LogP contribution in [0, 0.1) is 6.92 Å². The van der Waals surface area contributed by atoms with Crippen LogP contribution < -0.4 is 10.6 Å². The van der Waals surface area contributed by atoms with E-state index in [1.54, 1.807) is 0 Å². The van der Waals surface area contributed by atoms with Crippen molar-refractivity contribution in [2.24, 2.45) is 0 Å². The van der Waals surface area contributed by atoms with E-state index in [1.807, 2.05) is 12.3 Å². The Balaban J connectivity index is 1.61. The zero-order valence-electron chi connectivity index (χ0n) is 12.5. The second kappa shape index (κ2) is 6.57. The van der Waals surface area contributed by atoms with E-state index < -0.39 is 0 Å². The maximum absolute atomic E-state index is 4.55. The van der Waals surface area contributed by atoms with Crippen LogP contribution in [0.2, 0.25) is 0 Å². The lowest BCUT2D eigenvalue weighted by Crippen LogP contribution is -2.16. The summed E-state index contributed by atoms with van der Waals surface area (Å²) in [6.45, 7) is 2.87. The molecule has 0 aliphatic heterocycles. The predicted octanol–water partition coefficient (Wildman–Crippen LogP) is 3.75. The van der Waals surface area contributed by atoms with Crippen molar-refractivity contribution in [3.63, 3.8) is 0 Å². The fourth-order valence-electron chi connectivity index (χ4n) is 2.79. The molecule has 1 aromatic carbocycles. The Hall–Kier alpha value is -2.10. The molecule has 0 radical (unpaired) electrons. The summed E-state index contributed by atoms with van der Waals surface area (Å²) in [4.78, 5) is 8.84. The fourth-order valence-corrected chi connectivity index (χ4v) is 2.79. The molecule has 0 atom stereocenters.